The molecule has 1 heterocycles. The molecule has 2 rings (SSSR count). The van der Waals surface area contributed by atoms with Crippen molar-refractivity contribution in [1.82, 2.24) is 0 Å². The van der Waals surface area contributed by atoms with E-state index in [1.807, 2.05) is 25.1 Å². The normalized spacial score (nSPS) is 18.9. The molecule has 1 unspecified atom stereocenters. The molecule has 0 saturated heterocycles. The van der Waals surface area contributed by atoms with Gasteiger partial charge in [0.05, 0.1) is 13.0 Å². The van der Waals surface area contributed by atoms with Crippen LogP contribution in [-0.4, -0.2) is 19.7 Å². The summed E-state index contributed by atoms with van der Waals surface area (Å²) in [6.45, 7) is 2.44. The number of benzene rings is 1. The lowest BCUT2D eigenvalue weighted by Gasteiger charge is -2.23. The van der Waals surface area contributed by atoms with Crippen LogP contribution in [0.25, 0.3) is 0 Å². The van der Waals surface area contributed by atoms with Crippen LogP contribution in [0, 0.1) is 12.8 Å². The summed E-state index contributed by atoms with van der Waals surface area (Å²) < 4.78 is 10.2. The Kier molecular flexibility index (Phi) is 2.62. The second kappa shape index (κ2) is 3.93. The molecule has 0 bridgehead atoms. The van der Waals surface area contributed by atoms with E-state index < -0.39 is 0 Å². The summed E-state index contributed by atoms with van der Waals surface area (Å²) in [5, 5.41) is 0. The number of carbonyl (C=O) groups is 1. The first kappa shape index (κ1) is 10.0. The van der Waals surface area contributed by atoms with Gasteiger partial charge >= 0.3 is 5.97 Å². The quantitative estimate of drug-likeness (QED) is 0.656. The number of methoxy groups -OCH3 is 1. The van der Waals surface area contributed by atoms with Crippen LogP contribution < -0.4 is 4.74 Å². The molecule has 0 N–H and O–H groups in total. The van der Waals surface area contributed by atoms with Crippen molar-refractivity contribution in [2.45, 2.75) is 13.3 Å². The van der Waals surface area contributed by atoms with E-state index in [-0.39, 0.29) is 11.9 Å². The van der Waals surface area contributed by atoms with Crippen LogP contribution in [-0.2, 0) is 16.0 Å². The topological polar surface area (TPSA) is 35.5 Å². The summed E-state index contributed by atoms with van der Waals surface area (Å²) >= 11 is 0. The maximum Gasteiger partial charge on any atom is 0.312 e. The molecule has 1 aromatic rings. The first-order chi connectivity index (χ1) is 7.20. The lowest BCUT2D eigenvalue weighted by molar-refractivity contribution is -0.146. The minimum Gasteiger partial charge on any atom is -0.492 e. The zero-order valence-electron chi connectivity index (χ0n) is 8.95. The smallest absolute Gasteiger partial charge is 0.312 e. The number of hydrogen-bond acceptors (Lipinski definition) is 3. The van der Waals surface area contributed by atoms with Gasteiger partial charge in [-0.25, -0.2) is 0 Å². The highest BCUT2D eigenvalue weighted by Gasteiger charge is 2.26. The molecule has 1 atom stereocenters. The molecule has 0 aliphatic carbocycles. The number of carbonyl (C=O) groups excluding carboxylic acids is 1. The van der Waals surface area contributed by atoms with E-state index in [9.17, 15) is 4.79 Å². The molecule has 1 aromatic carbocycles. The van der Waals surface area contributed by atoms with Gasteiger partial charge in [-0.3, -0.25) is 4.79 Å². The van der Waals surface area contributed by atoms with Crippen molar-refractivity contribution in [3.05, 3.63) is 29.3 Å². The summed E-state index contributed by atoms with van der Waals surface area (Å²) in [6.07, 6.45) is 0.711. The second-order valence-electron chi connectivity index (χ2n) is 3.85. The minimum absolute atomic E-state index is 0.162. The molecule has 0 radical (unpaired) electrons. The van der Waals surface area contributed by atoms with Crippen LogP contribution >= 0.6 is 0 Å². The molecule has 1 aliphatic heterocycles. The van der Waals surface area contributed by atoms with Crippen LogP contribution in [0.2, 0.25) is 0 Å². The Hall–Kier alpha value is -1.51. The van der Waals surface area contributed by atoms with Gasteiger partial charge in [0.25, 0.3) is 0 Å². The molecule has 1 aliphatic rings. The predicted octanol–water partition coefficient (Wildman–Crippen LogP) is 1.72. The van der Waals surface area contributed by atoms with Gasteiger partial charge in [0, 0.05) is 0 Å². The molecular weight excluding hydrogens is 192 g/mol. The molecule has 0 aromatic heterocycles. The fourth-order valence-electron chi connectivity index (χ4n) is 1.80. The van der Waals surface area contributed by atoms with Gasteiger partial charge in [0.1, 0.15) is 12.4 Å². The van der Waals surface area contributed by atoms with Crippen LogP contribution in [0.1, 0.15) is 11.1 Å². The fourth-order valence-corrected chi connectivity index (χ4v) is 1.80. The van der Waals surface area contributed by atoms with E-state index in [2.05, 4.69) is 0 Å². The van der Waals surface area contributed by atoms with E-state index in [0.29, 0.717) is 13.0 Å². The molecule has 0 amide bonds. The lowest BCUT2D eigenvalue weighted by atomic mass is 9.96. The molecule has 0 spiro atoms. The highest BCUT2D eigenvalue weighted by atomic mass is 16.5. The average molecular weight is 206 g/mol. The Morgan fingerprint density at radius 1 is 1.53 bits per heavy atom. The van der Waals surface area contributed by atoms with Gasteiger partial charge in [-0.05, 0) is 30.5 Å². The van der Waals surface area contributed by atoms with Crippen molar-refractivity contribution in [3.8, 4) is 5.75 Å². The number of aryl methyl sites for hydroxylation is 1. The van der Waals surface area contributed by atoms with Gasteiger partial charge in [0.2, 0.25) is 0 Å². The van der Waals surface area contributed by atoms with Gasteiger partial charge in [-0.1, -0.05) is 12.1 Å². The van der Waals surface area contributed by atoms with Crippen LogP contribution in [0.5, 0.6) is 5.75 Å². The van der Waals surface area contributed by atoms with E-state index in [1.165, 1.54) is 12.7 Å². The largest absolute Gasteiger partial charge is 0.492 e. The summed E-state index contributed by atoms with van der Waals surface area (Å²) in [5.41, 5.74) is 2.26. The minimum atomic E-state index is -0.193. The predicted molar refractivity (Wildman–Crippen MR) is 55.9 cm³/mol. The second-order valence-corrected chi connectivity index (χ2v) is 3.85. The zero-order valence-corrected chi connectivity index (χ0v) is 8.95. The number of esters is 1. The molecule has 3 nitrogen and oxygen atoms in total. The van der Waals surface area contributed by atoms with Gasteiger partial charge in [0.15, 0.2) is 0 Å². The first-order valence-corrected chi connectivity index (χ1v) is 5.01. The monoisotopic (exact) mass is 206 g/mol. The van der Waals surface area contributed by atoms with E-state index >= 15 is 0 Å². The van der Waals surface area contributed by atoms with E-state index in [0.717, 1.165) is 11.3 Å². The molecular formula is C12H14O3. The summed E-state index contributed by atoms with van der Waals surface area (Å²) in [7, 11) is 1.41. The first-order valence-electron chi connectivity index (χ1n) is 5.01. The highest BCUT2D eigenvalue weighted by molar-refractivity contribution is 5.73. The molecule has 80 valence electrons. The van der Waals surface area contributed by atoms with Crippen molar-refractivity contribution in [3.63, 3.8) is 0 Å². The molecule has 0 fully saturated rings. The number of ether oxygens (including phenoxy) is 2. The Morgan fingerprint density at radius 3 is 3.07 bits per heavy atom. The maximum atomic E-state index is 11.3. The van der Waals surface area contributed by atoms with Gasteiger partial charge in [-0.2, -0.15) is 0 Å². The van der Waals surface area contributed by atoms with Crippen LogP contribution in [0.4, 0.5) is 0 Å². The standard InChI is InChI=1S/C12H14O3/c1-8-3-4-9-6-10(12(13)14-2)7-15-11(9)5-8/h3-5,10H,6-7H2,1-2H3. The number of rotatable bonds is 1. The Bertz CT molecular complexity index is 384. The molecule has 3 heteroatoms. The third-order valence-electron chi connectivity index (χ3n) is 2.66. The van der Waals surface area contributed by atoms with Crippen molar-refractivity contribution in [2.24, 2.45) is 5.92 Å². The van der Waals surface area contributed by atoms with E-state index in [1.54, 1.807) is 0 Å². The Balaban J connectivity index is 2.20. The zero-order chi connectivity index (χ0) is 10.8. The highest BCUT2D eigenvalue weighted by Crippen LogP contribution is 2.28. The van der Waals surface area contributed by atoms with Crippen LogP contribution in [0.15, 0.2) is 18.2 Å². The Labute approximate surface area is 89.0 Å². The number of hydrogen-bond donors (Lipinski definition) is 0. The molecule has 0 saturated carbocycles. The van der Waals surface area contributed by atoms with Crippen LogP contribution in [0.3, 0.4) is 0 Å². The Morgan fingerprint density at radius 2 is 2.33 bits per heavy atom. The molecule has 15 heavy (non-hydrogen) atoms. The third kappa shape index (κ3) is 1.96. The number of fused-ring (bicyclic) bond motifs is 1. The summed E-state index contributed by atoms with van der Waals surface area (Å²) in [6, 6.07) is 6.05. The summed E-state index contributed by atoms with van der Waals surface area (Å²) in [5.74, 6) is 0.543. The van der Waals surface area contributed by atoms with Crippen molar-refractivity contribution >= 4 is 5.97 Å². The van der Waals surface area contributed by atoms with Gasteiger partial charge < -0.3 is 9.47 Å². The third-order valence-corrected chi connectivity index (χ3v) is 2.66. The van der Waals surface area contributed by atoms with E-state index in [4.69, 9.17) is 9.47 Å². The summed E-state index contributed by atoms with van der Waals surface area (Å²) in [4.78, 5) is 11.3. The van der Waals surface area contributed by atoms with Crippen molar-refractivity contribution < 1.29 is 14.3 Å². The average Bonchev–Trinajstić information content (AvgIpc) is 2.27. The SMILES string of the molecule is COC(=O)C1COc2cc(C)ccc2C1. The van der Waals surface area contributed by atoms with Crippen molar-refractivity contribution in [2.75, 3.05) is 13.7 Å². The van der Waals surface area contributed by atoms with Crippen molar-refractivity contribution in [1.29, 1.82) is 0 Å². The fraction of sp³-hybridized carbons (Fsp3) is 0.417. The van der Waals surface area contributed by atoms with Gasteiger partial charge in [-0.15, -0.1) is 0 Å². The maximum absolute atomic E-state index is 11.3. The lowest BCUT2D eigenvalue weighted by Crippen LogP contribution is -2.29.